The van der Waals surface area contributed by atoms with Crippen molar-refractivity contribution in [1.29, 1.82) is 0 Å². The summed E-state index contributed by atoms with van der Waals surface area (Å²) >= 11 is 0. The Labute approximate surface area is 116 Å². The number of para-hydroxylation sites is 2. The highest BCUT2D eigenvalue weighted by Gasteiger charge is 2.10. The van der Waals surface area contributed by atoms with E-state index in [2.05, 4.69) is 10.5 Å². The van der Waals surface area contributed by atoms with Crippen molar-refractivity contribution < 1.29 is 14.1 Å². The topological polar surface area (TPSA) is 90.4 Å². The minimum absolute atomic E-state index is 0.0857. The number of hydrogen-bond acceptors (Lipinski definition) is 5. The van der Waals surface area contributed by atoms with Crippen LogP contribution in [-0.2, 0) is 11.3 Å². The van der Waals surface area contributed by atoms with E-state index in [1.54, 1.807) is 24.3 Å². The fourth-order valence-corrected chi connectivity index (χ4v) is 1.75. The SMILES string of the molecule is Cc1noc(C)c1CNC(=O)COc1ccccc1N. The van der Waals surface area contributed by atoms with E-state index in [1.807, 2.05) is 13.8 Å². The lowest BCUT2D eigenvalue weighted by molar-refractivity contribution is -0.123. The number of anilines is 1. The van der Waals surface area contributed by atoms with E-state index < -0.39 is 0 Å². The van der Waals surface area contributed by atoms with Gasteiger partial charge < -0.3 is 20.3 Å². The first-order chi connectivity index (χ1) is 9.58. The Kier molecular flexibility index (Phi) is 4.24. The Balaban J connectivity index is 1.83. The van der Waals surface area contributed by atoms with Gasteiger partial charge in [-0.3, -0.25) is 4.79 Å². The molecule has 1 amide bonds. The molecule has 0 saturated heterocycles. The van der Waals surface area contributed by atoms with Crippen LogP contribution in [0.4, 0.5) is 5.69 Å². The molecule has 0 aliphatic rings. The van der Waals surface area contributed by atoms with Gasteiger partial charge in [-0.05, 0) is 26.0 Å². The van der Waals surface area contributed by atoms with Gasteiger partial charge in [-0.1, -0.05) is 17.3 Å². The monoisotopic (exact) mass is 275 g/mol. The van der Waals surface area contributed by atoms with Gasteiger partial charge in [0.25, 0.3) is 5.91 Å². The maximum atomic E-state index is 11.7. The van der Waals surface area contributed by atoms with Gasteiger partial charge >= 0.3 is 0 Å². The second kappa shape index (κ2) is 6.10. The van der Waals surface area contributed by atoms with Crippen LogP contribution < -0.4 is 15.8 Å². The van der Waals surface area contributed by atoms with Gasteiger partial charge in [-0.15, -0.1) is 0 Å². The molecule has 1 aromatic carbocycles. The highest BCUT2D eigenvalue weighted by Crippen LogP contribution is 2.19. The first kappa shape index (κ1) is 13.9. The number of rotatable bonds is 5. The molecule has 0 radical (unpaired) electrons. The normalized spacial score (nSPS) is 10.3. The van der Waals surface area contributed by atoms with Gasteiger partial charge in [0.15, 0.2) is 6.61 Å². The predicted molar refractivity (Wildman–Crippen MR) is 74.2 cm³/mol. The van der Waals surface area contributed by atoms with Crippen LogP contribution in [0.15, 0.2) is 28.8 Å². The van der Waals surface area contributed by atoms with Crippen LogP contribution in [-0.4, -0.2) is 17.7 Å². The number of carbonyl (C=O) groups excluding carboxylic acids is 1. The molecule has 6 heteroatoms. The van der Waals surface area contributed by atoms with Crippen LogP contribution >= 0.6 is 0 Å². The van der Waals surface area contributed by atoms with Gasteiger partial charge in [-0.25, -0.2) is 0 Å². The summed E-state index contributed by atoms with van der Waals surface area (Å²) in [5.41, 5.74) is 7.89. The van der Waals surface area contributed by atoms with Crippen molar-refractivity contribution >= 4 is 11.6 Å². The molecule has 0 bridgehead atoms. The van der Waals surface area contributed by atoms with Crippen molar-refractivity contribution in [2.24, 2.45) is 0 Å². The standard InChI is InChI=1S/C14H17N3O3/c1-9-11(10(2)20-17-9)7-16-14(18)8-19-13-6-4-3-5-12(13)15/h3-6H,7-8,15H2,1-2H3,(H,16,18). The third kappa shape index (κ3) is 3.28. The summed E-state index contributed by atoms with van der Waals surface area (Å²) in [6.07, 6.45) is 0. The molecule has 20 heavy (non-hydrogen) atoms. The van der Waals surface area contributed by atoms with E-state index in [0.717, 1.165) is 11.3 Å². The zero-order chi connectivity index (χ0) is 14.5. The van der Waals surface area contributed by atoms with E-state index >= 15 is 0 Å². The Morgan fingerprint density at radius 1 is 1.40 bits per heavy atom. The second-order valence-electron chi connectivity index (χ2n) is 4.41. The minimum Gasteiger partial charge on any atom is -0.482 e. The molecule has 0 unspecified atom stereocenters. The zero-order valence-corrected chi connectivity index (χ0v) is 11.5. The predicted octanol–water partition coefficient (Wildman–Crippen LogP) is 1.57. The Morgan fingerprint density at radius 2 is 2.15 bits per heavy atom. The number of benzene rings is 1. The number of carbonyl (C=O) groups is 1. The van der Waals surface area contributed by atoms with Crippen molar-refractivity contribution in [2.45, 2.75) is 20.4 Å². The Hall–Kier alpha value is -2.50. The van der Waals surface area contributed by atoms with E-state index in [-0.39, 0.29) is 12.5 Å². The van der Waals surface area contributed by atoms with Crippen LogP contribution in [0.2, 0.25) is 0 Å². The molecular weight excluding hydrogens is 258 g/mol. The molecule has 0 spiro atoms. The lowest BCUT2D eigenvalue weighted by Crippen LogP contribution is -2.28. The molecule has 2 rings (SSSR count). The van der Waals surface area contributed by atoms with Gasteiger partial charge in [0.2, 0.25) is 0 Å². The quantitative estimate of drug-likeness (QED) is 0.808. The Morgan fingerprint density at radius 3 is 2.80 bits per heavy atom. The van der Waals surface area contributed by atoms with Gasteiger partial charge in [-0.2, -0.15) is 0 Å². The van der Waals surface area contributed by atoms with Crippen molar-refractivity contribution in [1.82, 2.24) is 10.5 Å². The maximum absolute atomic E-state index is 11.7. The molecule has 0 aliphatic heterocycles. The summed E-state index contributed by atoms with van der Waals surface area (Å²) in [5.74, 6) is 0.976. The van der Waals surface area contributed by atoms with Gasteiger partial charge in [0.1, 0.15) is 11.5 Å². The summed E-state index contributed by atoms with van der Waals surface area (Å²) in [5, 5.41) is 6.58. The number of nitrogens with zero attached hydrogens (tertiary/aromatic N) is 1. The van der Waals surface area contributed by atoms with Crippen molar-refractivity contribution in [2.75, 3.05) is 12.3 Å². The van der Waals surface area contributed by atoms with E-state index in [9.17, 15) is 4.79 Å². The Bertz CT molecular complexity index is 588. The number of nitrogens with two attached hydrogens (primary N) is 1. The van der Waals surface area contributed by atoms with Crippen molar-refractivity contribution in [3.63, 3.8) is 0 Å². The van der Waals surface area contributed by atoms with E-state index in [1.165, 1.54) is 0 Å². The average Bonchev–Trinajstić information content (AvgIpc) is 2.75. The first-order valence-electron chi connectivity index (χ1n) is 6.23. The lowest BCUT2D eigenvalue weighted by Gasteiger charge is -2.09. The molecule has 0 aliphatic carbocycles. The number of aromatic nitrogens is 1. The number of aryl methyl sites for hydroxylation is 2. The van der Waals surface area contributed by atoms with E-state index in [4.69, 9.17) is 15.0 Å². The number of hydrogen-bond donors (Lipinski definition) is 2. The summed E-state index contributed by atoms with van der Waals surface area (Å²) in [4.78, 5) is 11.7. The van der Waals surface area contributed by atoms with Crippen LogP contribution in [0, 0.1) is 13.8 Å². The molecule has 1 aromatic heterocycles. The summed E-state index contributed by atoms with van der Waals surface area (Å²) in [6.45, 7) is 3.92. The van der Waals surface area contributed by atoms with Crippen LogP contribution in [0.25, 0.3) is 0 Å². The third-order valence-corrected chi connectivity index (χ3v) is 2.92. The van der Waals surface area contributed by atoms with E-state index in [0.29, 0.717) is 23.7 Å². The molecule has 0 saturated carbocycles. The molecule has 106 valence electrons. The molecule has 3 N–H and O–H groups in total. The largest absolute Gasteiger partial charge is 0.482 e. The van der Waals surface area contributed by atoms with Gasteiger partial charge in [0, 0.05) is 12.1 Å². The maximum Gasteiger partial charge on any atom is 0.258 e. The first-order valence-corrected chi connectivity index (χ1v) is 6.23. The number of amides is 1. The molecule has 1 heterocycles. The molecule has 0 atom stereocenters. The lowest BCUT2D eigenvalue weighted by atomic mass is 10.2. The summed E-state index contributed by atoms with van der Waals surface area (Å²) < 4.78 is 10.4. The van der Waals surface area contributed by atoms with Gasteiger partial charge in [0.05, 0.1) is 11.4 Å². The highest BCUT2D eigenvalue weighted by atomic mass is 16.5. The molecule has 2 aromatic rings. The molecular formula is C14H17N3O3. The number of nitrogens with one attached hydrogen (secondary N) is 1. The second-order valence-corrected chi connectivity index (χ2v) is 4.41. The average molecular weight is 275 g/mol. The fourth-order valence-electron chi connectivity index (χ4n) is 1.75. The van der Waals surface area contributed by atoms with Crippen LogP contribution in [0.3, 0.4) is 0 Å². The smallest absolute Gasteiger partial charge is 0.258 e. The molecule has 0 fully saturated rings. The fraction of sp³-hybridized carbons (Fsp3) is 0.286. The number of nitrogen functional groups attached to an aromatic ring is 1. The van der Waals surface area contributed by atoms with Crippen molar-refractivity contribution in [3.8, 4) is 5.75 Å². The minimum atomic E-state index is -0.228. The summed E-state index contributed by atoms with van der Waals surface area (Å²) in [6, 6.07) is 7.04. The zero-order valence-electron chi connectivity index (χ0n) is 11.5. The number of ether oxygens (including phenoxy) is 1. The van der Waals surface area contributed by atoms with Crippen LogP contribution in [0.5, 0.6) is 5.75 Å². The third-order valence-electron chi connectivity index (χ3n) is 2.92. The summed E-state index contributed by atoms with van der Waals surface area (Å²) in [7, 11) is 0. The van der Waals surface area contributed by atoms with Crippen LogP contribution in [0.1, 0.15) is 17.0 Å². The van der Waals surface area contributed by atoms with Crippen molar-refractivity contribution in [3.05, 3.63) is 41.3 Å². The highest BCUT2D eigenvalue weighted by molar-refractivity contribution is 5.77. The molecule has 6 nitrogen and oxygen atoms in total.